The molecule has 4 rings (SSSR count). The smallest absolute Gasteiger partial charge is 0.263 e. The number of benzene rings is 1. The second-order valence-corrected chi connectivity index (χ2v) is 9.32. The predicted molar refractivity (Wildman–Crippen MR) is 122 cm³/mol. The summed E-state index contributed by atoms with van der Waals surface area (Å²) in [4.78, 5) is 32.5. The van der Waals surface area contributed by atoms with E-state index in [9.17, 15) is 9.59 Å². The molecule has 0 fully saturated rings. The first-order valence-electron chi connectivity index (χ1n) is 9.17. The molecule has 0 radical (unpaired) electrons. The molecule has 1 N–H and O–H groups in total. The van der Waals surface area contributed by atoms with Crippen LogP contribution in [0.4, 0.5) is 0 Å². The Morgan fingerprint density at radius 1 is 1.14 bits per heavy atom. The van der Waals surface area contributed by atoms with Crippen LogP contribution in [-0.2, 0) is 11.3 Å². The molecule has 5 nitrogen and oxygen atoms in total. The van der Waals surface area contributed by atoms with E-state index in [0.717, 1.165) is 22.6 Å². The fourth-order valence-electron chi connectivity index (χ4n) is 2.91. The van der Waals surface area contributed by atoms with E-state index in [-0.39, 0.29) is 18.0 Å². The number of thiophene rings is 2. The molecule has 3 aromatic heterocycles. The Kier molecular flexibility index (Phi) is 6.43. The summed E-state index contributed by atoms with van der Waals surface area (Å²) in [5, 5.41) is 7.42. The second kappa shape index (κ2) is 9.39. The van der Waals surface area contributed by atoms with E-state index in [0.29, 0.717) is 16.8 Å². The van der Waals surface area contributed by atoms with Crippen LogP contribution in [-0.4, -0.2) is 27.8 Å². The average Bonchev–Trinajstić information content (AvgIpc) is 3.40. The number of carbonyl (C=O) groups excluding carboxylic acids is 1. The highest BCUT2D eigenvalue weighted by Crippen LogP contribution is 2.33. The lowest BCUT2D eigenvalue weighted by molar-refractivity contribution is -0.121. The molecule has 0 saturated carbocycles. The third-order valence-corrected chi connectivity index (χ3v) is 7.20. The van der Waals surface area contributed by atoms with Gasteiger partial charge in [0.1, 0.15) is 11.4 Å². The summed E-state index contributed by atoms with van der Waals surface area (Å²) < 4.78 is 1.39. The molecular weight excluding hydrogens is 422 g/mol. The van der Waals surface area contributed by atoms with Crippen LogP contribution in [0.2, 0.25) is 0 Å². The molecule has 1 aromatic carbocycles. The first-order chi connectivity index (χ1) is 14.2. The van der Waals surface area contributed by atoms with E-state index in [4.69, 9.17) is 0 Å². The average molecular weight is 442 g/mol. The van der Waals surface area contributed by atoms with Crippen LogP contribution in [0.15, 0.2) is 69.2 Å². The monoisotopic (exact) mass is 441 g/mol. The largest absolute Gasteiger partial charge is 0.355 e. The van der Waals surface area contributed by atoms with Crippen molar-refractivity contribution in [3.8, 4) is 10.4 Å². The zero-order chi connectivity index (χ0) is 20.1. The fraction of sp³-hybridized carbons (Fsp3) is 0.190. The summed E-state index contributed by atoms with van der Waals surface area (Å²) in [6.45, 7) is 0.565. The molecule has 148 valence electrons. The van der Waals surface area contributed by atoms with Crippen LogP contribution in [0.1, 0.15) is 6.42 Å². The molecule has 0 saturated heterocycles. The van der Waals surface area contributed by atoms with E-state index in [2.05, 4.69) is 22.4 Å². The summed E-state index contributed by atoms with van der Waals surface area (Å²) in [6.07, 6.45) is 2.33. The van der Waals surface area contributed by atoms with Gasteiger partial charge in [-0.3, -0.25) is 14.2 Å². The minimum absolute atomic E-state index is 0.0205. The summed E-state index contributed by atoms with van der Waals surface area (Å²) in [5.74, 6) is 0.752. The normalized spacial score (nSPS) is 11.0. The molecule has 0 aliphatic rings. The van der Waals surface area contributed by atoms with E-state index in [1.54, 1.807) is 23.1 Å². The van der Waals surface area contributed by atoms with Crippen molar-refractivity contribution in [3.63, 3.8) is 0 Å². The van der Waals surface area contributed by atoms with Gasteiger partial charge in [-0.2, -0.15) is 0 Å². The maximum atomic E-state index is 12.9. The summed E-state index contributed by atoms with van der Waals surface area (Å²) in [5.41, 5.74) is 0.722. The van der Waals surface area contributed by atoms with E-state index in [1.165, 1.54) is 27.1 Å². The molecular formula is C21H19N3O2S3. The van der Waals surface area contributed by atoms with Crippen molar-refractivity contribution >= 4 is 50.6 Å². The zero-order valence-corrected chi connectivity index (χ0v) is 18.0. The number of carbonyl (C=O) groups is 1. The summed E-state index contributed by atoms with van der Waals surface area (Å²) in [6, 6.07) is 14.1. The maximum Gasteiger partial charge on any atom is 0.263 e. The highest BCUT2D eigenvalue weighted by molar-refractivity contribution is 7.99. The van der Waals surface area contributed by atoms with Gasteiger partial charge in [-0.05, 0) is 35.8 Å². The van der Waals surface area contributed by atoms with Crippen LogP contribution in [0.25, 0.3) is 20.7 Å². The quantitative estimate of drug-likeness (QED) is 0.323. The molecule has 1 amide bonds. The first kappa shape index (κ1) is 19.9. The van der Waals surface area contributed by atoms with Gasteiger partial charge in [0.15, 0.2) is 0 Å². The van der Waals surface area contributed by atoms with E-state index < -0.39 is 0 Å². The van der Waals surface area contributed by atoms with Crippen LogP contribution in [0.3, 0.4) is 0 Å². The van der Waals surface area contributed by atoms with Crippen LogP contribution < -0.4 is 10.9 Å². The van der Waals surface area contributed by atoms with E-state index >= 15 is 0 Å². The number of thioether (sulfide) groups is 1. The SMILES string of the molecule is O=C(Cn1cnc2scc(-c3cccs3)c2c1=O)NCCCSc1ccccc1. The molecule has 29 heavy (non-hydrogen) atoms. The van der Waals surface area contributed by atoms with Gasteiger partial charge in [0, 0.05) is 27.3 Å². The van der Waals surface area contributed by atoms with Gasteiger partial charge >= 0.3 is 0 Å². The molecule has 4 aromatic rings. The number of hydrogen-bond acceptors (Lipinski definition) is 6. The van der Waals surface area contributed by atoms with Crippen molar-refractivity contribution in [2.75, 3.05) is 12.3 Å². The molecule has 3 heterocycles. The molecule has 8 heteroatoms. The lowest BCUT2D eigenvalue weighted by atomic mass is 10.2. The Hall–Kier alpha value is -2.42. The number of nitrogens with zero attached hydrogens (tertiary/aromatic N) is 2. The standard InChI is InChI=1S/C21H19N3O2S3/c25-18(22-9-5-11-27-15-6-2-1-3-7-15)12-24-14-23-20-19(21(24)26)16(13-29-20)17-8-4-10-28-17/h1-4,6-8,10,13-14H,5,9,11-12H2,(H,22,25). The summed E-state index contributed by atoms with van der Waals surface area (Å²) in [7, 11) is 0. The Labute approximate surface area is 180 Å². The van der Waals surface area contributed by atoms with Gasteiger partial charge in [0.2, 0.25) is 5.91 Å². The van der Waals surface area contributed by atoms with Gasteiger partial charge in [-0.15, -0.1) is 34.4 Å². The third kappa shape index (κ3) is 4.77. The number of rotatable bonds is 8. The lowest BCUT2D eigenvalue weighted by Crippen LogP contribution is -2.33. The molecule has 0 unspecified atom stereocenters. The van der Waals surface area contributed by atoms with Gasteiger partial charge < -0.3 is 5.32 Å². The second-order valence-electron chi connectivity index (χ2n) is 6.35. The number of aromatic nitrogens is 2. The first-order valence-corrected chi connectivity index (χ1v) is 11.9. The highest BCUT2D eigenvalue weighted by Gasteiger charge is 2.15. The van der Waals surface area contributed by atoms with Gasteiger partial charge in [-0.25, -0.2) is 4.98 Å². The Morgan fingerprint density at radius 2 is 2.00 bits per heavy atom. The minimum Gasteiger partial charge on any atom is -0.355 e. The fourth-order valence-corrected chi connectivity index (χ4v) is 5.51. The van der Waals surface area contributed by atoms with Gasteiger partial charge in [-0.1, -0.05) is 24.3 Å². The number of amides is 1. The van der Waals surface area contributed by atoms with Crippen molar-refractivity contribution in [1.29, 1.82) is 0 Å². The molecule has 0 aliphatic carbocycles. The van der Waals surface area contributed by atoms with Crippen LogP contribution in [0, 0.1) is 0 Å². The number of fused-ring (bicyclic) bond motifs is 1. The zero-order valence-electron chi connectivity index (χ0n) is 15.5. The molecule has 0 aliphatic heterocycles. The minimum atomic E-state index is -0.175. The van der Waals surface area contributed by atoms with E-state index in [1.807, 2.05) is 41.1 Å². The molecule has 0 atom stereocenters. The third-order valence-electron chi connectivity index (χ3n) is 4.32. The van der Waals surface area contributed by atoms with Crippen LogP contribution in [0.5, 0.6) is 0 Å². The van der Waals surface area contributed by atoms with Crippen molar-refractivity contribution in [3.05, 3.63) is 69.9 Å². The lowest BCUT2D eigenvalue weighted by Gasteiger charge is -2.07. The van der Waals surface area contributed by atoms with Gasteiger partial charge in [0.25, 0.3) is 5.56 Å². The maximum absolute atomic E-state index is 12.9. The predicted octanol–water partition coefficient (Wildman–Crippen LogP) is 4.49. The number of nitrogens with one attached hydrogen (secondary N) is 1. The van der Waals surface area contributed by atoms with Gasteiger partial charge in [0.05, 0.1) is 11.7 Å². The van der Waals surface area contributed by atoms with Crippen molar-refractivity contribution < 1.29 is 4.79 Å². The Balaban J connectivity index is 1.35. The number of hydrogen-bond donors (Lipinski definition) is 1. The Bertz CT molecular complexity index is 1150. The van der Waals surface area contributed by atoms with Crippen molar-refractivity contribution in [2.24, 2.45) is 0 Å². The molecule has 0 spiro atoms. The highest BCUT2D eigenvalue weighted by atomic mass is 32.2. The summed E-state index contributed by atoms with van der Waals surface area (Å²) >= 11 is 4.81. The van der Waals surface area contributed by atoms with Crippen molar-refractivity contribution in [2.45, 2.75) is 17.9 Å². The van der Waals surface area contributed by atoms with Crippen molar-refractivity contribution in [1.82, 2.24) is 14.9 Å². The Morgan fingerprint density at radius 3 is 2.79 bits per heavy atom. The molecule has 0 bridgehead atoms. The van der Waals surface area contributed by atoms with Crippen LogP contribution >= 0.6 is 34.4 Å². The topological polar surface area (TPSA) is 64.0 Å².